The van der Waals surface area contributed by atoms with Crippen molar-refractivity contribution in [1.29, 1.82) is 0 Å². The summed E-state index contributed by atoms with van der Waals surface area (Å²) < 4.78 is 215. The minimum Gasteiger partial charge on any atom is -0.373 e. The molecule has 0 fully saturated rings. The van der Waals surface area contributed by atoms with E-state index < -0.39 is 53.6 Å². The zero-order chi connectivity index (χ0) is 24.5. The van der Waals surface area contributed by atoms with E-state index in [-0.39, 0.29) is 0 Å². The van der Waals surface area contributed by atoms with Crippen molar-refractivity contribution in [1.82, 2.24) is 0 Å². The summed E-state index contributed by atoms with van der Waals surface area (Å²) in [7, 11) is 0. The predicted molar refractivity (Wildman–Crippen MR) is 50.1 cm³/mol. The maximum atomic E-state index is 13.7. The zero-order valence-corrected chi connectivity index (χ0v) is 12.3. The molecule has 3 nitrogen and oxygen atoms in total. The number of alkyl halides is 17. The molecule has 0 radical (unpaired) electrons. The lowest BCUT2D eigenvalue weighted by Crippen LogP contribution is -2.87. The largest absolute Gasteiger partial charge is 0.432 e. The van der Waals surface area contributed by atoms with Crippen LogP contribution in [-0.4, -0.2) is 68.9 Å². The van der Waals surface area contributed by atoms with Gasteiger partial charge >= 0.3 is 48.0 Å². The van der Waals surface area contributed by atoms with Gasteiger partial charge in [0.1, 0.15) is 0 Å². The third kappa shape index (κ3) is 3.26. The molecule has 0 bridgehead atoms. The number of rotatable bonds is 3. The Kier molecular flexibility index (Phi) is 6.06. The van der Waals surface area contributed by atoms with Gasteiger partial charge in [0.15, 0.2) is 0 Å². The summed E-state index contributed by atoms with van der Waals surface area (Å²) in [5.41, 5.74) is -25.4. The highest BCUT2D eigenvalue weighted by atomic mass is 19.4. The van der Waals surface area contributed by atoms with E-state index in [0.29, 0.717) is 0 Å². The van der Waals surface area contributed by atoms with Gasteiger partial charge in [-0.25, -0.2) is 0 Å². The van der Waals surface area contributed by atoms with Crippen LogP contribution in [0.4, 0.5) is 74.6 Å². The first-order valence-electron chi connectivity index (χ1n) is 5.88. The van der Waals surface area contributed by atoms with Crippen molar-refractivity contribution in [3.63, 3.8) is 0 Å². The van der Waals surface area contributed by atoms with Crippen LogP contribution in [0, 0.1) is 0 Å². The Labute approximate surface area is 145 Å². The van der Waals surface area contributed by atoms with Gasteiger partial charge in [0.25, 0.3) is 5.60 Å². The van der Waals surface area contributed by atoms with Crippen LogP contribution in [0.15, 0.2) is 0 Å². The molecule has 0 amide bonds. The van der Waals surface area contributed by atoms with Crippen molar-refractivity contribution in [2.24, 2.45) is 0 Å². The molecular formula is C9H3F17O3. The summed E-state index contributed by atoms with van der Waals surface area (Å²) in [6.07, 6.45) is -41.2. The van der Waals surface area contributed by atoms with Gasteiger partial charge in [-0.15, -0.1) is 0 Å². The molecule has 0 rings (SSSR count). The molecule has 1 atom stereocenters. The summed E-state index contributed by atoms with van der Waals surface area (Å²) in [5, 5.41) is 25.3. The Hall–Kier alpha value is -1.31. The minimum atomic E-state index is -8.89. The van der Waals surface area contributed by atoms with Crippen molar-refractivity contribution < 1.29 is 90.0 Å². The van der Waals surface area contributed by atoms with Crippen molar-refractivity contribution in [2.75, 3.05) is 0 Å². The summed E-state index contributed by atoms with van der Waals surface area (Å²) >= 11 is 0. The first-order chi connectivity index (χ1) is 12.0. The summed E-state index contributed by atoms with van der Waals surface area (Å²) in [4.78, 5) is 0. The lowest BCUT2D eigenvalue weighted by Gasteiger charge is -2.52. The van der Waals surface area contributed by atoms with Crippen LogP contribution < -0.4 is 0 Å². The molecule has 0 saturated carbocycles. The molecule has 20 heteroatoms. The number of halogens is 17. The Bertz CT molecular complexity index is 576. The molecule has 3 N–H and O–H groups in total. The van der Waals surface area contributed by atoms with Crippen LogP contribution >= 0.6 is 0 Å². The molecule has 0 heterocycles. The standard InChI is InChI=1S/C9H3F17O3/c10-4(11,3(29,8(21,22)23)9(24,25)26)1(27,5(12,13)14)2(28,6(15,16)17)7(18,19)20/h27-29H. The summed E-state index contributed by atoms with van der Waals surface area (Å²) in [6, 6.07) is 0. The van der Waals surface area contributed by atoms with Gasteiger partial charge in [-0.05, 0) is 0 Å². The molecule has 0 aromatic carbocycles. The SMILES string of the molecule is OC(C(F)(F)F)(C(F)(F)F)C(F)(F)C(O)(C(F)(F)F)C(O)(C(F)(F)F)C(F)(F)F. The van der Waals surface area contributed by atoms with Crippen LogP contribution in [0.1, 0.15) is 0 Å². The highest BCUT2D eigenvalue weighted by Gasteiger charge is 3.00. The van der Waals surface area contributed by atoms with Crippen molar-refractivity contribution in [3.05, 3.63) is 0 Å². The third-order valence-electron chi connectivity index (χ3n) is 3.48. The lowest BCUT2D eigenvalue weighted by molar-refractivity contribution is -0.522. The van der Waals surface area contributed by atoms with E-state index in [2.05, 4.69) is 0 Å². The van der Waals surface area contributed by atoms with Crippen molar-refractivity contribution in [3.8, 4) is 0 Å². The van der Waals surface area contributed by atoms with Gasteiger partial charge in [0.2, 0.25) is 0 Å². The fourth-order valence-electron chi connectivity index (χ4n) is 1.96. The van der Waals surface area contributed by atoms with Crippen molar-refractivity contribution in [2.45, 2.75) is 53.6 Å². The van der Waals surface area contributed by atoms with Crippen LogP contribution in [0.25, 0.3) is 0 Å². The fraction of sp³-hybridized carbons (Fsp3) is 1.00. The average molecular weight is 482 g/mol. The Morgan fingerprint density at radius 2 is 0.448 bits per heavy atom. The van der Waals surface area contributed by atoms with E-state index in [0.717, 1.165) is 0 Å². The summed E-state index contributed by atoms with van der Waals surface area (Å²) in [6.45, 7) is 0. The summed E-state index contributed by atoms with van der Waals surface area (Å²) in [5.74, 6) is -8.89. The topological polar surface area (TPSA) is 60.7 Å². The van der Waals surface area contributed by atoms with E-state index in [1.54, 1.807) is 0 Å². The quantitative estimate of drug-likeness (QED) is 0.539. The second-order valence-electron chi connectivity index (χ2n) is 5.19. The Morgan fingerprint density at radius 1 is 0.276 bits per heavy atom. The highest BCUT2D eigenvalue weighted by molar-refractivity contribution is 5.25. The van der Waals surface area contributed by atoms with E-state index in [1.165, 1.54) is 0 Å². The van der Waals surface area contributed by atoms with E-state index in [1.807, 2.05) is 0 Å². The number of hydrogen-bond acceptors (Lipinski definition) is 3. The highest BCUT2D eigenvalue weighted by Crippen LogP contribution is 2.65. The monoisotopic (exact) mass is 482 g/mol. The van der Waals surface area contributed by atoms with Gasteiger partial charge in [-0.3, -0.25) is 0 Å². The maximum Gasteiger partial charge on any atom is 0.432 e. The molecule has 0 aliphatic heterocycles. The fourth-order valence-corrected chi connectivity index (χ4v) is 1.96. The molecule has 0 aromatic heterocycles. The maximum absolute atomic E-state index is 13.7. The second-order valence-corrected chi connectivity index (χ2v) is 5.19. The molecule has 29 heavy (non-hydrogen) atoms. The second kappa shape index (κ2) is 6.34. The van der Waals surface area contributed by atoms with E-state index in [9.17, 15) is 74.6 Å². The molecule has 0 saturated heterocycles. The van der Waals surface area contributed by atoms with Gasteiger partial charge in [0.05, 0.1) is 0 Å². The first-order valence-corrected chi connectivity index (χ1v) is 5.88. The Morgan fingerprint density at radius 3 is 0.586 bits per heavy atom. The van der Waals surface area contributed by atoms with E-state index in [4.69, 9.17) is 15.3 Å². The molecule has 0 aliphatic rings. The molecule has 1 unspecified atom stereocenters. The lowest BCUT2D eigenvalue weighted by atomic mass is 9.69. The third-order valence-corrected chi connectivity index (χ3v) is 3.48. The van der Waals surface area contributed by atoms with Gasteiger partial charge in [-0.1, -0.05) is 0 Å². The number of aliphatic hydroxyl groups is 3. The molecule has 176 valence electrons. The molecule has 0 aliphatic carbocycles. The zero-order valence-electron chi connectivity index (χ0n) is 12.3. The van der Waals surface area contributed by atoms with Gasteiger partial charge in [-0.2, -0.15) is 74.6 Å². The van der Waals surface area contributed by atoms with Crippen LogP contribution in [0.2, 0.25) is 0 Å². The first kappa shape index (κ1) is 27.7. The number of hydrogen-bond donors (Lipinski definition) is 3. The van der Waals surface area contributed by atoms with Crippen LogP contribution in [0.3, 0.4) is 0 Å². The minimum absolute atomic E-state index is 8.16. The predicted octanol–water partition coefficient (Wildman–Crippen LogP) is 3.63. The van der Waals surface area contributed by atoms with Crippen LogP contribution in [-0.2, 0) is 0 Å². The van der Waals surface area contributed by atoms with Crippen LogP contribution in [0.5, 0.6) is 0 Å². The molecule has 0 aromatic rings. The van der Waals surface area contributed by atoms with Crippen molar-refractivity contribution >= 4 is 0 Å². The smallest absolute Gasteiger partial charge is 0.373 e. The normalized spacial score (nSPS) is 18.6. The van der Waals surface area contributed by atoms with Gasteiger partial charge < -0.3 is 15.3 Å². The average Bonchev–Trinajstić information content (AvgIpc) is 2.37. The van der Waals surface area contributed by atoms with E-state index >= 15 is 0 Å². The Balaban J connectivity index is 7.82. The van der Waals surface area contributed by atoms with Gasteiger partial charge in [0, 0.05) is 0 Å². The molecular weight excluding hydrogens is 479 g/mol. The molecule has 0 spiro atoms.